The third-order valence-electron chi connectivity index (χ3n) is 3.15. The SMILES string of the molecule is Cc1cc(Cl)c(C(C)C)cc1OCC(=O)c1sccc1Br. The van der Waals surface area contributed by atoms with Crippen LogP contribution in [-0.4, -0.2) is 12.4 Å². The third-order valence-corrected chi connectivity index (χ3v) is 5.35. The lowest BCUT2D eigenvalue weighted by molar-refractivity contribution is 0.0924. The van der Waals surface area contributed by atoms with Crippen LogP contribution >= 0.6 is 38.9 Å². The van der Waals surface area contributed by atoms with E-state index < -0.39 is 0 Å². The minimum absolute atomic E-state index is 0.0269. The molecular formula is C16H16BrClO2S. The Bertz CT molecular complexity index is 664. The molecule has 2 rings (SSSR count). The number of carbonyl (C=O) groups excluding carboxylic acids is 1. The molecule has 0 saturated heterocycles. The molecule has 0 spiro atoms. The maximum absolute atomic E-state index is 12.1. The summed E-state index contributed by atoms with van der Waals surface area (Å²) in [7, 11) is 0. The molecule has 0 N–H and O–H groups in total. The quantitative estimate of drug-likeness (QED) is 0.601. The molecule has 21 heavy (non-hydrogen) atoms. The Kier molecular flexibility index (Phi) is 5.47. The van der Waals surface area contributed by atoms with Gasteiger partial charge in [0.05, 0.1) is 4.88 Å². The van der Waals surface area contributed by atoms with Crippen LogP contribution in [0.2, 0.25) is 5.02 Å². The summed E-state index contributed by atoms with van der Waals surface area (Å²) in [6.45, 7) is 6.11. The second-order valence-electron chi connectivity index (χ2n) is 5.10. The fourth-order valence-electron chi connectivity index (χ4n) is 1.97. The molecule has 0 saturated carbocycles. The zero-order valence-corrected chi connectivity index (χ0v) is 15.2. The van der Waals surface area contributed by atoms with Crippen molar-refractivity contribution in [3.05, 3.63) is 49.1 Å². The van der Waals surface area contributed by atoms with Crippen molar-refractivity contribution in [2.24, 2.45) is 0 Å². The highest BCUT2D eigenvalue weighted by molar-refractivity contribution is 9.10. The van der Waals surface area contributed by atoms with Gasteiger partial charge in [0.1, 0.15) is 5.75 Å². The van der Waals surface area contributed by atoms with E-state index in [1.54, 1.807) is 0 Å². The third kappa shape index (κ3) is 3.87. The van der Waals surface area contributed by atoms with E-state index in [4.69, 9.17) is 16.3 Å². The molecule has 5 heteroatoms. The Hall–Kier alpha value is -0.840. The summed E-state index contributed by atoms with van der Waals surface area (Å²) in [6.07, 6.45) is 0. The number of halogens is 2. The highest BCUT2D eigenvalue weighted by atomic mass is 79.9. The molecule has 0 bridgehead atoms. The van der Waals surface area contributed by atoms with E-state index in [2.05, 4.69) is 29.8 Å². The average Bonchev–Trinajstić information content (AvgIpc) is 2.83. The van der Waals surface area contributed by atoms with Gasteiger partial charge in [0.15, 0.2) is 6.61 Å². The summed E-state index contributed by atoms with van der Waals surface area (Å²) in [5, 5.41) is 2.61. The molecule has 0 atom stereocenters. The summed E-state index contributed by atoms with van der Waals surface area (Å²) in [5.41, 5.74) is 1.96. The number of carbonyl (C=O) groups is 1. The molecule has 0 unspecified atom stereocenters. The van der Waals surface area contributed by atoms with E-state index in [0.29, 0.717) is 16.5 Å². The molecular weight excluding hydrogens is 372 g/mol. The van der Waals surface area contributed by atoms with Crippen LogP contribution in [0.3, 0.4) is 0 Å². The van der Waals surface area contributed by atoms with Crippen LogP contribution < -0.4 is 4.74 Å². The fourth-order valence-corrected chi connectivity index (χ4v) is 3.92. The van der Waals surface area contributed by atoms with Crippen molar-refractivity contribution in [3.8, 4) is 5.75 Å². The molecule has 2 aromatic rings. The summed E-state index contributed by atoms with van der Waals surface area (Å²) >= 11 is 11.0. The number of rotatable bonds is 5. The molecule has 2 nitrogen and oxygen atoms in total. The highest BCUT2D eigenvalue weighted by Crippen LogP contribution is 2.31. The summed E-state index contributed by atoms with van der Waals surface area (Å²) in [4.78, 5) is 12.8. The van der Waals surface area contributed by atoms with E-state index in [-0.39, 0.29) is 12.4 Å². The van der Waals surface area contributed by atoms with Crippen LogP contribution in [0.15, 0.2) is 28.1 Å². The minimum atomic E-state index is -0.0303. The van der Waals surface area contributed by atoms with Gasteiger partial charge in [0.25, 0.3) is 0 Å². The van der Waals surface area contributed by atoms with E-state index in [1.165, 1.54) is 11.3 Å². The number of hydrogen-bond donors (Lipinski definition) is 0. The first kappa shape index (κ1) is 16.5. The molecule has 1 aromatic heterocycles. The Morgan fingerprint density at radius 2 is 2.14 bits per heavy atom. The highest BCUT2D eigenvalue weighted by Gasteiger charge is 2.14. The predicted molar refractivity (Wildman–Crippen MR) is 92.1 cm³/mol. The van der Waals surface area contributed by atoms with Gasteiger partial charge in [-0.25, -0.2) is 0 Å². The molecule has 0 aliphatic carbocycles. The second kappa shape index (κ2) is 6.95. The van der Waals surface area contributed by atoms with Crippen molar-refractivity contribution in [1.82, 2.24) is 0 Å². The van der Waals surface area contributed by atoms with Crippen molar-refractivity contribution in [2.45, 2.75) is 26.7 Å². The van der Waals surface area contributed by atoms with Crippen LogP contribution in [0.4, 0.5) is 0 Å². The topological polar surface area (TPSA) is 26.3 Å². The van der Waals surface area contributed by atoms with Gasteiger partial charge >= 0.3 is 0 Å². The van der Waals surface area contributed by atoms with Crippen molar-refractivity contribution in [1.29, 1.82) is 0 Å². The maximum Gasteiger partial charge on any atom is 0.211 e. The number of Topliss-reactive ketones (excluding diaryl/α,β-unsaturated/α-hetero) is 1. The largest absolute Gasteiger partial charge is 0.485 e. The van der Waals surface area contributed by atoms with Gasteiger partial charge in [-0.3, -0.25) is 4.79 Å². The Balaban J connectivity index is 2.15. The van der Waals surface area contributed by atoms with Crippen molar-refractivity contribution < 1.29 is 9.53 Å². The zero-order chi connectivity index (χ0) is 15.6. The summed E-state index contributed by atoms with van der Waals surface area (Å²) in [6, 6.07) is 5.68. The summed E-state index contributed by atoms with van der Waals surface area (Å²) in [5.74, 6) is 0.990. The Labute approximate surface area is 142 Å². The number of hydrogen-bond acceptors (Lipinski definition) is 3. The zero-order valence-electron chi connectivity index (χ0n) is 12.1. The van der Waals surface area contributed by atoms with Crippen LogP contribution in [0, 0.1) is 6.92 Å². The Morgan fingerprint density at radius 1 is 1.43 bits per heavy atom. The Morgan fingerprint density at radius 3 is 2.71 bits per heavy atom. The van der Waals surface area contributed by atoms with E-state index in [1.807, 2.05) is 30.5 Å². The molecule has 0 aliphatic heterocycles. The van der Waals surface area contributed by atoms with Crippen molar-refractivity contribution >= 4 is 44.7 Å². The molecule has 0 aliphatic rings. The van der Waals surface area contributed by atoms with Gasteiger partial charge in [0, 0.05) is 9.50 Å². The van der Waals surface area contributed by atoms with Gasteiger partial charge in [-0.15, -0.1) is 11.3 Å². The number of thiophene rings is 1. The van der Waals surface area contributed by atoms with Gasteiger partial charge < -0.3 is 4.74 Å². The molecule has 0 fully saturated rings. The van der Waals surface area contributed by atoms with Crippen molar-refractivity contribution in [3.63, 3.8) is 0 Å². The average molecular weight is 388 g/mol. The number of benzene rings is 1. The standard InChI is InChI=1S/C16H16BrClO2S/c1-9(2)11-7-15(10(3)6-13(11)18)20-8-14(19)16-12(17)4-5-21-16/h4-7,9H,8H2,1-3H3. The van der Waals surface area contributed by atoms with E-state index >= 15 is 0 Å². The van der Waals surface area contributed by atoms with Gasteiger partial charge in [-0.2, -0.15) is 0 Å². The van der Waals surface area contributed by atoms with Gasteiger partial charge in [-0.05, 0) is 63.5 Å². The molecule has 1 heterocycles. The number of aryl methyl sites for hydroxylation is 1. The maximum atomic E-state index is 12.1. The smallest absolute Gasteiger partial charge is 0.211 e. The number of ketones is 1. The lowest BCUT2D eigenvalue weighted by atomic mass is 10.0. The van der Waals surface area contributed by atoms with E-state index in [9.17, 15) is 4.79 Å². The molecule has 0 amide bonds. The monoisotopic (exact) mass is 386 g/mol. The van der Waals surface area contributed by atoms with Crippen LogP contribution in [0.25, 0.3) is 0 Å². The first-order valence-electron chi connectivity index (χ1n) is 6.59. The first-order chi connectivity index (χ1) is 9.90. The van der Waals surface area contributed by atoms with Gasteiger partial charge in [-0.1, -0.05) is 25.4 Å². The van der Waals surface area contributed by atoms with Gasteiger partial charge in [0.2, 0.25) is 5.78 Å². The van der Waals surface area contributed by atoms with Crippen LogP contribution in [0.1, 0.15) is 40.6 Å². The first-order valence-corrected chi connectivity index (χ1v) is 8.64. The van der Waals surface area contributed by atoms with E-state index in [0.717, 1.165) is 20.6 Å². The van der Waals surface area contributed by atoms with Crippen LogP contribution in [0.5, 0.6) is 5.75 Å². The molecule has 0 radical (unpaired) electrons. The predicted octanol–water partition coefficient (Wildman–Crippen LogP) is 5.86. The van der Waals surface area contributed by atoms with Crippen molar-refractivity contribution in [2.75, 3.05) is 6.61 Å². The minimum Gasteiger partial charge on any atom is -0.485 e. The second-order valence-corrected chi connectivity index (χ2v) is 7.28. The number of ether oxygens (including phenoxy) is 1. The molecule has 1 aromatic carbocycles. The lowest BCUT2D eigenvalue weighted by Gasteiger charge is -2.14. The lowest BCUT2D eigenvalue weighted by Crippen LogP contribution is -2.11. The fraction of sp³-hybridized carbons (Fsp3) is 0.312. The summed E-state index contributed by atoms with van der Waals surface area (Å²) < 4.78 is 6.52. The van der Waals surface area contributed by atoms with Crippen LogP contribution in [-0.2, 0) is 0 Å². The molecule has 112 valence electrons. The normalized spacial score (nSPS) is 11.0.